The molecule has 1 aromatic rings. The lowest BCUT2D eigenvalue weighted by Crippen LogP contribution is -2.14. The number of carbonyl (C=O) groups excluding carboxylic acids is 1. The fourth-order valence-electron chi connectivity index (χ4n) is 1.22. The molecular formula is C12H18O3S2. The van der Waals surface area contributed by atoms with Gasteiger partial charge in [-0.15, -0.1) is 11.8 Å². The Morgan fingerprint density at radius 3 is 2.59 bits per heavy atom. The van der Waals surface area contributed by atoms with Gasteiger partial charge in [0.1, 0.15) is 5.75 Å². The number of esters is 1. The van der Waals surface area contributed by atoms with E-state index in [0.29, 0.717) is 5.75 Å². The second kappa shape index (κ2) is 8.31. The monoisotopic (exact) mass is 274 g/mol. The molecule has 0 amide bonds. The molecule has 3 nitrogen and oxygen atoms in total. The number of benzene rings is 1. The molecule has 96 valence electrons. The van der Waals surface area contributed by atoms with Gasteiger partial charge in [0, 0.05) is 10.6 Å². The third-order valence-electron chi connectivity index (χ3n) is 2.16. The Morgan fingerprint density at radius 2 is 2.00 bits per heavy atom. The zero-order valence-corrected chi connectivity index (χ0v) is 12.0. The summed E-state index contributed by atoms with van der Waals surface area (Å²) in [5, 5.41) is 0. The molecule has 0 saturated heterocycles. The van der Waals surface area contributed by atoms with Crippen LogP contribution in [-0.2, 0) is 9.53 Å². The molecule has 0 fully saturated rings. The average Bonchev–Trinajstić information content (AvgIpc) is 2.35. The van der Waals surface area contributed by atoms with Gasteiger partial charge >= 0.3 is 5.97 Å². The summed E-state index contributed by atoms with van der Waals surface area (Å²) in [5.74, 6) is 1.24. The Bertz CT molecular complexity index is 355. The van der Waals surface area contributed by atoms with Crippen molar-refractivity contribution >= 4 is 31.2 Å². The first-order chi connectivity index (χ1) is 7.69. The van der Waals surface area contributed by atoms with Crippen LogP contribution in [0, 0.1) is 5.92 Å². The zero-order valence-electron chi connectivity index (χ0n) is 10.2. The lowest BCUT2D eigenvalue weighted by atomic mass is 10.2. The molecule has 0 aliphatic carbocycles. The van der Waals surface area contributed by atoms with Crippen LogP contribution in [0.3, 0.4) is 0 Å². The minimum atomic E-state index is -0.178. The first-order valence-corrected chi connectivity index (χ1v) is 6.01. The van der Waals surface area contributed by atoms with Crippen molar-refractivity contribution in [3.05, 3.63) is 24.3 Å². The Hall–Kier alpha value is -0.810. The van der Waals surface area contributed by atoms with E-state index >= 15 is 0 Å². The van der Waals surface area contributed by atoms with Gasteiger partial charge in [0.25, 0.3) is 0 Å². The van der Waals surface area contributed by atoms with E-state index in [0.717, 1.165) is 10.6 Å². The van der Waals surface area contributed by atoms with E-state index in [2.05, 4.69) is 4.74 Å². The third kappa shape index (κ3) is 4.91. The highest BCUT2D eigenvalue weighted by Gasteiger charge is 2.14. The maximum Gasteiger partial charge on any atom is 0.309 e. The number of methoxy groups -OCH3 is 2. The molecule has 5 heteroatoms. The first-order valence-electron chi connectivity index (χ1n) is 5.02. The molecule has 1 atom stereocenters. The number of thioether (sulfide) groups is 1. The molecule has 0 N–H and O–H groups in total. The summed E-state index contributed by atoms with van der Waals surface area (Å²) < 4.78 is 9.90. The quantitative estimate of drug-likeness (QED) is 0.611. The largest absolute Gasteiger partial charge is 0.496 e. The predicted octanol–water partition coefficient (Wildman–Crippen LogP) is 2.71. The van der Waals surface area contributed by atoms with Crippen LogP contribution in [0.25, 0.3) is 0 Å². The first kappa shape index (κ1) is 16.2. The molecule has 17 heavy (non-hydrogen) atoms. The fourth-order valence-corrected chi connectivity index (χ4v) is 2.26. The van der Waals surface area contributed by atoms with Crippen LogP contribution in [-0.4, -0.2) is 25.9 Å². The Morgan fingerprint density at radius 1 is 1.35 bits per heavy atom. The van der Waals surface area contributed by atoms with Gasteiger partial charge in [-0.05, 0) is 12.1 Å². The van der Waals surface area contributed by atoms with Gasteiger partial charge in [-0.1, -0.05) is 19.1 Å². The van der Waals surface area contributed by atoms with Crippen LogP contribution >= 0.6 is 25.3 Å². The topological polar surface area (TPSA) is 35.5 Å². The standard InChI is InChI=1S/C12H16O3S.H2S/c1-9(12(13)15-3)8-16-11-7-5-4-6-10(11)14-2;/h4-7,9H,8H2,1-3H3;1H2/t9-;/m1./s1. The highest BCUT2D eigenvalue weighted by Crippen LogP contribution is 2.30. The van der Waals surface area contributed by atoms with Crippen LogP contribution in [0.15, 0.2) is 29.2 Å². The van der Waals surface area contributed by atoms with Crippen LogP contribution in [0.4, 0.5) is 0 Å². The molecule has 1 rings (SSSR count). The minimum absolute atomic E-state index is 0. The second-order valence-corrected chi connectivity index (χ2v) is 4.45. The average molecular weight is 274 g/mol. The van der Waals surface area contributed by atoms with Gasteiger partial charge in [0.05, 0.1) is 20.1 Å². The van der Waals surface area contributed by atoms with Crippen molar-refractivity contribution in [1.82, 2.24) is 0 Å². The normalized spacial score (nSPS) is 11.2. The van der Waals surface area contributed by atoms with E-state index in [1.165, 1.54) is 7.11 Å². The van der Waals surface area contributed by atoms with Gasteiger partial charge < -0.3 is 9.47 Å². The van der Waals surface area contributed by atoms with Gasteiger partial charge in [-0.2, -0.15) is 13.5 Å². The molecular weight excluding hydrogens is 256 g/mol. The summed E-state index contributed by atoms with van der Waals surface area (Å²) in [7, 11) is 3.05. The third-order valence-corrected chi connectivity index (χ3v) is 3.48. The SMILES string of the molecule is COC(=O)[C@H](C)CSc1ccccc1OC.S. The van der Waals surface area contributed by atoms with E-state index in [1.807, 2.05) is 31.2 Å². The molecule has 0 aromatic heterocycles. The predicted molar refractivity (Wildman–Crippen MR) is 75.3 cm³/mol. The van der Waals surface area contributed by atoms with E-state index in [4.69, 9.17) is 4.74 Å². The second-order valence-electron chi connectivity index (χ2n) is 3.39. The van der Waals surface area contributed by atoms with Crippen molar-refractivity contribution in [2.45, 2.75) is 11.8 Å². The summed E-state index contributed by atoms with van der Waals surface area (Å²) in [6.45, 7) is 1.86. The summed E-state index contributed by atoms with van der Waals surface area (Å²) >= 11 is 1.60. The highest BCUT2D eigenvalue weighted by atomic mass is 32.2. The highest BCUT2D eigenvalue weighted by molar-refractivity contribution is 7.99. The molecule has 0 unspecified atom stereocenters. The number of hydrogen-bond donors (Lipinski definition) is 0. The summed E-state index contributed by atoms with van der Waals surface area (Å²) in [4.78, 5) is 12.3. The van der Waals surface area contributed by atoms with Crippen molar-refractivity contribution in [3.8, 4) is 5.75 Å². The molecule has 0 spiro atoms. The Balaban J connectivity index is 0.00000256. The zero-order chi connectivity index (χ0) is 12.0. The van der Waals surface area contributed by atoms with Crippen molar-refractivity contribution in [2.24, 2.45) is 5.92 Å². The maximum absolute atomic E-state index is 11.2. The number of ether oxygens (including phenoxy) is 2. The smallest absolute Gasteiger partial charge is 0.309 e. The van der Waals surface area contributed by atoms with Crippen LogP contribution in [0.2, 0.25) is 0 Å². The van der Waals surface area contributed by atoms with Crippen molar-refractivity contribution in [3.63, 3.8) is 0 Å². The number of rotatable bonds is 5. The minimum Gasteiger partial charge on any atom is -0.496 e. The van der Waals surface area contributed by atoms with Crippen LogP contribution < -0.4 is 4.74 Å². The molecule has 0 saturated carbocycles. The van der Waals surface area contributed by atoms with E-state index in [1.54, 1.807) is 18.9 Å². The van der Waals surface area contributed by atoms with Gasteiger partial charge in [-0.25, -0.2) is 0 Å². The van der Waals surface area contributed by atoms with Gasteiger partial charge in [-0.3, -0.25) is 4.79 Å². The van der Waals surface area contributed by atoms with Crippen LogP contribution in [0.5, 0.6) is 5.75 Å². The molecule has 0 aliphatic heterocycles. The van der Waals surface area contributed by atoms with Gasteiger partial charge in [0.15, 0.2) is 0 Å². The van der Waals surface area contributed by atoms with E-state index in [9.17, 15) is 4.79 Å². The number of para-hydroxylation sites is 1. The number of hydrogen-bond acceptors (Lipinski definition) is 4. The Labute approximate surface area is 113 Å². The molecule has 0 radical (unpaired) electrons. The molecule has 1 aromatic carbocycles. The lowest BCUT2D eigenvalue weighted by molar-refractivity contribution is -0.143. The summed E-state index contributed by atoms with van der Waals surface area (Å²) in [5.41, 5.74) is 0. The number of carbonyl (C=O) groups is 1. The van der Waals surface area contributed by atoms with Crippen molar-refractivity contribution in [2.75, 3.05) is 20.0 Å². The lowest BCUT2D eigenvalue weighted by Gasteiger charge is -2.10. The van der Waals surface area contributed by atoms with Crippen molar-refractivity contribution < 1.29 is 14.3 Å². The summed E-state index contributed by atoms with van der Waals surface area (Å²) in [6.07, 6.45) is 0. The molecule has 0 aliphatic rings. The fraction of sp³-hybridized carbons (Fsp3) is 0.417. The molecule has 0 bridgehead atoms. The van der Waals surface area contributed by atoms with Gasteiger partial charge in [0.2, 0.25) is 0 Å². The van der Waals surface area contributed by atoms with E-state index < -0.39 is 0 Å². The summed E-state index contributed by atoms with van der Waals surface area (Å²) in [6, 6.07) is 7.76. The maximum atomic E-state index is 11.2. The Kier molecular flexibility index (Phi) is 7.91. The van der Waals surface area contributed by atoms with Crippen LogP contribution in [0.1, 0.15) is 6.92 Å². The van der Waals surface area contributed by atoms with Crippen molar-refractivity contribution in [1.29, 1.82) is 0 Å². The van der Waals surface area contributed by atoms with E-state index in [-0.39, 0.29) is 25.4 Å². The molecule has 0 heterocycles.